The zero-order valence-corrected chi connectivity index (χ0v) is 19.7. The SMILES string of the molecule is CCC=CCC=CCC=CCC=CCC=CCC=CCCC(=O)Nc1cccc(C(=O)O)c1. The van der Waals surface area contributed by atoms with Crippen LogP contribution in [0.1, 0.15) is 68.6 Å². The van der Waals surface area contributed by atoms with Crippen molar-refractivity contribution in [3.05, 3.63) is 103 Å². The van der Waals surface area contributed by atoms with Crippen LogP contribution in [0.4, 0.5) is 5.69 Å². The fourth-order valence-electron chi connectivity index (χ4n) is 2.81. The van der Waals surface area contributed by atoms with Gasteiger partial charge in [0.15, 0.2) is 0 Å². The molecular weight excluding hydrogens is 410 g/mol. The van der Waals surface area contributed by atoms with Crippen LogP contribution in [-0.2, 0) is 4.79 Å². The van der Waals surface area contributed by atoms with Crippen LogP contribution in [0.2, 0.25) is 0 Å². The molecule has 0 unspecified atom stereocenters. The Labute approximate surface area is 198 Å². The maximum Gasteiger partial charge on any atom is 0.335 e. The van der Waals surface area contributed by atoms with E-state index in [4.69, 9.17) is 5.11 Å². The number of hydrogen-bond acceptors (Lipinski definition) is 2. The van der Waals surface area contributed by atoms with Crippen LogP contribution in [0.25, 0.3) is 0 Å². The lowest BCUT2D eigenvalue weighted by molar-refractivity contribution is -0.116. The van der Waals surface area contributed by atoms with Gasteiger partial charge in [0.05, 0.1) is 5.56 Å². The van der Waals surface area contributed by atoms with E-state index in [1.165, 1.54) is 12.1 Å². The number of nitrogens with one attached hydrogen (secondary N) is 1. The molecule has 0 heterocycles. The van der Waals surface area contributed by atoms with E-state index in [9.17, 15) is 9.59 Å². The van der Waals surface area contributed by atoms with Crippen molar-refractivity contribution < 1.29 is 14.7 Å². The molecule has 33 heavy (non-hydrogen) atoms. The van der Waals surface area contributed by atoms with Crippen molar-refractivity contribution in [1.29, 1.82) is 0 Å². The smallest absolute Gasteiger partial charge is 0.335 e. The molecule has 0 radical (unpaired) electrons. The Bertz CT molecular complexity index is 873. The van der Waals surface area contributed by atoms with Gasteiger partial charge >= 0.3 is 5.97 Å². The van der Waals surface area contributed by atoms with Gasteiger partial charge in [-0.2, -0.15) is 0 Å². The summed E-state index contributed by atoms with van der Waals surface area (Å²) >= 11 is 0. The van der Waals surface area contributed by atoms with E-state index in [0.717, 1.165) is 38.5 Å². The van der Waals surface area contributed by atoms with E-state index >= 15 is 0 Å². The molecule has 1 amide bonds. The number of carbonyl (C=O) groups is 2. The number of carbonyl (C=O) groups excluding carboxylic acids is 1. The van der Waals surface area contributed by atoms with Gasteiger partial charge in [0.2, 0.25) is 5.91 Å². The number of carboxylic acids is 1. The van der Waals surface area contributed by atoms with Crippen LogP contribution in [-0.4, -0.2) is 17.0 Å². The highest BCUT2D eigenvalue weighted by atomic mass is 16.4. The van der Waals surface area contributed by atoms with Gasteiger partial charge in [-0.1, -0.05) is 85.9 Å². The number of rotatable bonds is 16. The minimum absolute atomic E-state index is 0.128. The molecule has 4 nitrogen and oxygen atoms in total. The molecule has 176 valence electrons. The van der Waals surface area contributed by atoms with Gasteiger partial charge in [0.1, 0.15) is 0 Å². The lowest BCUT2D eigenvalue weighted by atomic mass is 10.2. The maximum atomic E-state index is 12.0. The average molecular weight is 448 g/mol. The summed E-state index contributed by atoms with van der Waals surface area (Å²) in [6.45, 7) is 2.14. The zero-order chi connectivity index (χ0) is 24.0. The Morgan fingerprint density at radius 3 is 1.73 bits per heavy atom. The van der Waals surface area contributed by atoms with Crippen LogP contribution in [0.15, 0.2) is 97.2 Å². The summed E-state index contributed by atoms with van der Waals surface area (Å²) in [4.78, 5) is 22.9. The molecule has 0 bridgehead atoms. The first kappa shape index (κ1) is 27.6. The number of allylic oxidation sites excluding steroid dienone is 12. The van der Waals surface area contributed by atoms with E-state index in [-0.39, 0.29) is 11.5 Å². The van der Waals surface area contributed by atoms with Gasteiger partial charge in [-0.15, -0.1) is 0 Å². The van der Waals surface area contributed by atoms with Gasteiger partial charge in [0.25, 0.3) is 0 Å². The monoisotopic (exact) mass is 447 g/mol. The number of hydrogen-bond donors (Lipinski definition) is 2. The lowest BCUT2D eigenvalue weighted by Gasteiger charge is -2.04. The minimum Gasteiger partial charge on any atom is -0.478 e. The van der Waals surface area contributed by atoms with E-state index in [1.54, 1.807) is 12.1 Å². The van der Waals surface area contributed by atoms with Gasteiger partial charge in [-0.05, 0) is 63.1 Å². The van der Waals surface area contributed by atoms with Gasteiger partial charge in [-0.25, -0.2) is 4.79 Å². The van der Waals surface area contributed by atoms with Crippen molar-refractivity contribution in [2.24, 2.45) is 0 Å². The molecule has 1 rings (SSSR count). The van der Waals surface area contributed by atoms with Gasteiger partial charge in [-0.3, -0.25) is 4.79 Å². The quantitative estimate of drug-likeness (QED) is 0.254. The predicted molar refractivity (Wildman–Crippen MR) is 139 cm³/mol. The van der Waals surface area contributed by atoms with Crippen molar-refractivity contribution in [2.45, 2.75) is 58.3 Å². The molecule has 0 aromatic heterocycles. The van der Waals surface area contributed by atoms with Crippen molar-refractivity contribution in [2.75, 3.05) is 5.32 Å². The van der Waals surface area contributed by atoms with Gasteiger partial charge in [0, 0.05) is 12.1 Å². The number of aromatic carboxylic acids is 1. The highest BCUT2D eigenvalue weighted by Gasteiger charge is 2.05. The van der Waals surface area contributed by atoms with Gasteiger partial charge < -0.3 is 10.4 Å². The first-order chi connectivity index (χ1) is 16.1. The van der Waals surface area contributed by atoms with Crippen LogP contribution in [0.3, 0.4) is 0 Å². The Morgan fingerprint density at radius 2 is 1.24 bits per heavy atom. The Balaban J connectivity index is 2.07. The number of anilines is 1. The zero-order valence-electron chi connectivity index (χ0n) is 19.7. The minimum atomic E-state index is -1.01. The average Bonchev–Trinajstić information content (AvgIpc) is 2.80. The first-order valence-electron chi connectivity index (χ1n) is 11.7. The second kappa shape index (κ2) is 19.3. The Morgan fingerprint density at radius 1 is 0.758 bits per heavy atom. The number of carboxylic acid groups (broad SMARTS) is 1. The van der Waals surface area contributed by atoms with Crippen LogP contribution < -0.4 is 5.32 Å². The van der Waals surface area contributed by atoms with E-state index in [0.29, 0.717) is 18.5 Å². The summed E-state index contributed by atoms with van der Waals surface area (Å²) in [7, 11) is 0. The van der Waals surface area contributed by atoms with E-state index < -0.39 is 5.97 Å². The second-order valence-electron chi connectivity index (χ2n) is 7.39. The fraction of sp³-hybridized carbons (Fsp3) is 0.310. The third-order valence-corrected chi connectivity index (χ3v) is 4.53. The molecule has 0 fully saturated rings. The topological polar surface area (TPSA) is 66.4 Å². The fourth-order valence-corrected chi connectivity index (χ4v) is 2.81. The van der Waals surface area contributed by atoms with Crippen LogP contribution in [0, 0.1) is 0 Å². The molecular formula is C29H37NO3. The summed E-state index contributed by atoms with van der Waals surface area (Å²) < 4.78 is 0. The second-order valence-corrected chi connectivity index (χ2v) is 7.39. The largest absolute Gasteiger partial charge is 0.478 e. The van der Waals surface area contributed by atoms with E-state index in [1.807, 2.05) is 12.2 Å². The predicted octanol–water partition coefficient (Wildman–Crippen LogP) is 7.80. The summed E-state index contributed by atoms with van der Waals surface area (Å²) in [5.41, 5.74) is 0.660. The number of amides is 1. The van der Waals surface area contributed by atoms with Crippen molar-refractivity contribution in [1.82, 2.24) is 0 Å². The van der Waals surface area contributed by atoms with Crippen molar-refractivity contribution >= 4 is 17.6 Å². The lowest BCUT2D eigenvalue weighted by Crippen LogP contribution is -2.11. The van der Waals surface area contributed by atoms with Crippen molar-refractivity contribution in [3.8, 4) is 0 Å². The molecule has 0 aliphatic rings. The first-order valence-corrected chi connectivity index (χ1v) is 11.7. The molecule has 0 spiro atoms. The molecule has 1 aromatic carbocycles. The molecule has 0 aliphatic heterocycles. The molecule has 0 aliphatic carbocycles. The molecule has 0 saturated heterocycles. The standard InChI is InChI=1S/C29H37NO3/c1-2-3-4-5-6-7-8-9-10-11-12-13-14-15-16-17-18-19-20-24-28(31)30-27-23-21-22-26(25-27)29(32)33/h3-4,6-7,9-10,12-13,15-16,18-19,21-23,25H,2,5,8,11,14,17,20,24H2,1H3,(H,30,31)(H,32,33). The molecule has 0 saturated carbocycles. The summed E-state index contributed by atoms with van der Waals surface area (Å²) in [5.74, 6) is -1.14. The molecule has 4 heteroatoms. The van der Waals surface area contributed by atoms with Crippen LogP contribution in [0.5, 0.6) is 0 Å². The third kappa shape index (κ3) is 16.0. The summed E-state index contributed by atoms with van der Waals surface area (Å²) in [6.07, 6.45) is 32.6. The Kier molecular flexibility index (Phi) is 16.2. The van der Waals surface area contributed by atoms with E-state index in [2.05, 4.69) is 73.0 Å². The summed E-state index contributed by atoms with van der Waals surface area (Å²) in [5, 5.41) is 11.7. The third-order valence-electron chi connectivity index (χ3n) is 4.53. The summed E-state index contributed by atoms with van der Waals surface area (Å²) in [6, 6.07) is 6.25. The Hall–Kier alpha value is -3.40. The maximum absolute atomic E-state index is 12.0. The molecule has 2 N–H and O–H groups in total. The molecule has 0 atom stereocenters. The highest BCUT2D eigenvalue weighted by Crippen LogP contribution is 2.11. The molecule has 1 aromatic rings. The highest BCUT2D eigenvalue weighted by molar-refractivity contribution is 5.93. The van der Waals surface area contributed by atoms with Crippen molar-refractivity contribution in [3.63, 3.8) is 0 Å². The number of benzene rings is 1. The normalized spacial score (nSPS) is 12.4. The van der Waals surface area contributed by atoms with Crippen LogP contribution >= 0.6 is 0 Å².